The molecule has 0 saturated carbocycles. The van der Waals surface area contributed by atoms with Gasteiger partial charge in [0, 0.05) is 0 Å². The molecule has 0 aliphatic rings. The summed E-state index contributed by atoms with van der Waals surface area (Å²) in [7, 11) is -2.03. The van der Waals surface area contributed by atoms with E-state index in [1.54, 1.807) is 24.3 Å². The lowest BCUT2D eigenvalue weighted by atomic mass is 10.3. The molecular formula is C10H8NO4P. The van der Waals surface area contributed by atoms with Gasteiger partial charge in [0.05, 0.1) is 6.42 Å². The molecule has 16 heavy (non-hydrogen) atoms. The molecule has 1 aromatic heterocycles. The van der Waals surface area contributed by atoms with Crippen molar-refractivity contribution < 1.29 is 18.9 Å². The number of para-hydroxylation sites is 1. The molecule has 1 amide bonds. The third kappa shape index (κ3) is 1.83. The number of hydrogen-bond donors (Lipinski definition) is 1. The number of Topliss-reactive ketones (excluding diaryl/α,β-unsaturated/α-hetero) is 1. The van der Waals surface area contributed by atoms with Gasteiger partial charge in [-0.1, -0.05) is 12.1 Å². The molecule has 1 atom stereocenters. The van der Waals surface area contributed by atoms with E-state index in [-0.39, 0.29) is 5.49 Å². The Labute approximate surface area is 91.6 Å². The predicted octanol–water partition coefficient (Wildman–Crippen LogP) is 0.882. The molecule has 0 saturated heterocycles. The number of ketones is 1. The summed E-state index contributed by atoms with van der Waals surface area (Å²) in [5.74, 6) is -1.38. The Kier molecular flexibility index (Phi) is 2.73. The van der Waals surface area contributed by atoms with Crippen LogP contribution in [0.25, 0.3) is 10.7 Å². The Morgan fingerprint density at radius 1 is 1.38 bits per heavy atom. The maximum Gasteiger partial charge on any atom is 0.344 e. The lowest BCUT2D eigenvalue weighted by molar-refractivity contribution is -0.150. The molecule has 5 nitrogen and oxygen atoms in total. The third-order valence-electron chi connectivity index (χ3n) is 2.05. The van der Waals surface area contributed by atoms with Gasteiger partial charge in [0.2, 0.25) is 5.91 Å². The van der Waals surface area contributed by atoms with Gasteiger partial charge in [0.15, 0.2) is 10.7 Å². The summed E-state index contributed by atoms with van der Waals surface area (Å²) in [6.07, 6.45) is -0.482. The van der Waals surface area contributed by atoms with Gasteiger partial charge < -0.3 is 15.0 Å². The average Bonchev–Trinajstić information content (AvgIpc) is 2.56. The van der Waals surface area contributed by atoms with Crippen molar-refractivity contribution in [1.82, 2.24) is 0 Å². The fourth-order valence-electron chi connectivity index (χ4n) is 1.37. The maximum absolute atomic E-state index is 11.8. The van der Waals surface area contributed by atoms with E-state index < -0.39 is 25.9 Å². The zero-order valence-electron chi connectivity index (χ0n) is 8.17. The second-order valence-corrected chi connectivity index (χ2v) is 4.71. The number of fused-ring (bicyclic) bond motifs is 1. The van der Waals surface area contributed by atoms with E-state index in [9.17, 15) is 14.5 Å². The molecule has 2 rings (SSSR count). The second kappa shape index (κ2) is 4.04. The van der Waals surface area contributed by atoms with Crippen LogP contribution in [0, 0.1) is 0 Å². The van der Waals surface area contributed by atoms with Crippen LogP contribution >= 0.6 is 7.76 Å². The Hall–Kier alpha value is -1.71. The maximum atomic E-state index is 11.8. The summed E-state index contributed by atoms with van der Waals surface area (Å²) in [5.41, 5.74) is 5.10. The number of amides is 1. The summed E-state index contributed by atoms with van der Waals surface area (Å²) in [4.78, 5) is 33.9. The Bertz CT molecular complexity index is 575. The molecule has 2 aromatic rings. The SMILES string of the molecule is NC(=O)CC(=O)c1oc2ccccc2[p+]1[O-]. The number of hydrogen-bond acceptors (Lipinski definition) is 4. The molecule has 82 valence electrons. The van der Waals surface area contributed by atoms with Crippen LogP contribution in [0.2, 0.25) is 0 Å². The third-order valence-corrected chi connectivity index (χ3v) is 3.57. The standard InChI is InChI=1S/C10H8NO4P/c11-9(13)5-6(12)10-15-7-3-1-2-4-8(7)16(10)14/h1-4H,5H2,(H2,11,13). The van der Waals surface area contributed by atoms with Crippen molar-refractivity contribution in [3.63, 3.8) is 0 Å². The van der Waals surface area contributed by atoms with Gasteiger partial charge in [0.1, 0.15) is 7.76 Å². The Morgan fingerprint density at radius 3 is 2.69 bits per heavy atom. The van der Waals surface area contributed by atoms with Gasteiger partial charge >= 0.3 is 5.49 Å². The molecule has 0 spiro atoms. The van der Waals surface area contributed by atoms with E-state index in [0.29, 0.717) is 10.7 Å². The first kappa shape index (κ1) is 10.8. The minimum absolute atomic E-state index is 0.185. The van der Waals surface area contributed by atoms with Gasteiger partial charge in [-0.15, -0.1) is 0 Å². The van der Waals surface area contributed by atoms with Crippen molar-refractivity contribution in [1.29, 1.82) is 0 Å². The van der Waals surface area contributed by atoms with Crippen LogP contribution in [-0.4, -0.2) is 11.7 Å². The zero-order valence-corrected chi connectivity index (χ0v) is 9.07. The Morgan fingerprint density at radius 2 is 2.06 bits per heavy atom. The highest BCUT2D eigenvalue weighted by Crippen LogP contribution is 2.38. The van der Waals surface area contributed by atoms with Crippen LogP contribution in [0.1, 0.15) is 16.7 Å². The molecule has 0 aliphatic carbocycles. The van der Waals surface area contributed by atoms with Crippen LogP contribution < -0.4 is 10.6 Å². The molecule has 1 aromatic carbocycles. The number of carbonyl (C=O) groups is 2. The first-order chi connectivity index (χ1) is 7.59. The number of primary amides is 1. The van der Waals surface area contributed by atoms with Crippen LogP contribution in [0.15, 0.2) is 28.7 Å². The molecule has 0 bridgehead atoms. The first-order valence-corrected chi connectivity index (χ1v) is 5.78. The number of nitrogens with two attached hydrogens (primary N) is 1. The van der Waals surface area contributed by atoms with E-state index in [1.165, 1.54) is 0 Å². The average molecular weight is 237 g/mol. The van der Waals surface area contributed by atoms with Crippen molar-refractivity contribution in [2.45, 2.75) is 6.42 Å². The highest BCUT2D eigenvalue weighted by molar-refractivity contribution is 7.50. The smallest absolute Gasteiger partial charge is 0.344 e. The molecule has 0 aliphatic heterocycles. The van der Waals surface area contributed by atoms with Crippen molar-refractivity contribution in [2.24, 2.45) is 5.73 Å². The molecule has 1 heterocycles. The fourth-order valence-corrected chi connectivity index (χ4v) is 2.62. The summed E-state index contributed by atoms with van der Waals surface area (Å²) >= 11 is 0. The zero-order chi connectivity index (χ0) is 11.7. The molecule has 6 heteroatoms. The lowest BCUT2D eigenvalue weighted by Crippen LogP contribution is -2.16. The largest absolute Gasteiger partial charge is 0.623 e. The molecule has 0 radical (unpaired) electrons. The van der Waals surface area contributed by atoms with Crippen LogP contribution in [0.5, 0.6) is 0 Å². The van der Waals surface area contributed by atoms with Crippen LogP contribution in [0.3, 0.4) is 0 Å². The monoisotopic (exact) mass is 237 g/mol. The minimum Gasteiger partial charge on any atom is -0.623 e. The van der Waals surface area contributed by atoms with E-state index in [2.05, 4.69) is 0 Å². The summed E-state index contributed by atoms with van der Waals surface area (Å²) in [6.45, 7) is 0. The summed E-state index contributed by atoms with van der Waals surface area (Å²) in [5, 5.41) is 0.477. The first-order valence-electron chi connectivity index (χ1n) is 4.52. The van der Waals surface area contributed by atoms with Crippen LogP contribution in [0.4, 0.5) is 0 Å². The second-order valence-electron chi connectivity index (χ2n) is 3.24. The summed E-state index contributed by atoms with van der Waals surface area (Å²) < 4.78 is 5.16. The summed E-state index contributed by atoms with van der Waals surface area (Å²) in [6, 6.07) is 6.66. The van der Waals surface area contributed by atoms with E-state index in [0.717, 1.165) is 0 Å². The van der Waals surface area contributed by atoms with Gasteiger partial charge in [-0.3, -0.25) is 9.59 Å². The highest BCUT2D eigenvalue weighted by atomic mass is 31.1. The predicted molar refractivity (Wildman–Crippen MR) is 56.9 cm³/mol. The number of carbonyl (C=O) groups excluding carboxylic acids is 2. The topological polar surface area (TPSA) is 96.4 Å². The van der Waals surface area contributed by atoms with Crippen molar-refractivity contribution in [2.75, 3.05) is 0 Å². The van der Waals surface area contributed by atoms with Gasteiger partial charge in [0.25, 0.3) is 5.78 Å². The van der Waals surface area contributed by atoms with Gasteiger partial charge in [-0.05, 0) is 12.1 Å². The lowest BCUT2D eigenvalue weighted by Gasteiger charge is -1.90. The molecule has 0 fully saturated rings. The van der Waals surface area contributed by atoms with E-state index in [1.807, 2.05) is 0 Å². The number of rotatable bonds is 3. The Balaban J connectivity index is 2.49. The quantitative estimate of drug-likeness (QED) is 0.633. The van der Waals surface area contributed by atoms with Gasteiger partial charge in [-0.2, -0.15) is 0 Å². The van der Waals surface area contributed by atoms with E-state index in [4.69, 9.17) is 10.2 Å². The molecular weight excluding hydrogens is 229 g/mol. The normalized spacial score (nSPS) is 11.7. The molecule has 1 unspecified atom stereocenters. The minimum atomic E-state index is -2.03. The number of benzene rings is 1. The van der Waals surface area contributed by atoms with Gasteiger partial charge in [-0.25, -0.2) is 0 Å². The van der Waals surface area contributed by atoms with Crippen molar-refractivity contribution in [3.8, 4) is 0 Å². The van der Waals surface area contributed by atoms with Crippen LogP contribution in [-0.2, 0) is 4.79 Å². The fraction of sp³-hybridized carbons (Fsp3) is 0.100. The highest BCUT2D eigenvalue weighted by Gasteiger charge is 2.25. The van der Waals surface area contributed by atoms with E-state index >= 15 is 0 Å². The van der Waals surface area contributed by atoms with Crippen molar-refractivity contribution >= 4 is 30.2 Å². The van der Waals surface area contributed by atoms with Crippen molar-refractivity contribution in [3.05, 3.63) is 29.8 Å². The molecule has 2 N–H and O–H groups in total.